The molecule has 1 fully saturated rings. The predicted molar refractivity (Wildman–Crippen MR) is 466 cm³/mol. The lowest BCUT2D eigenvalue weighted by molar-refractivity contribution is -0.324. The Hall–Kier alpha value is -12.5. The quantitative estimate of drug-likeness (QED) is 0.0595. The average molecular weight is 1730 g/mol. The summed E-state index contributed by atoms with van der Waals surface area (Å²) in [5, 5.41) is 40.5. The van der Waals surface area contributed by atoms with Crippen LogP contribution >= 0.6 is 0 Å². The summed E-state index contributed by atoms with van der Waals surface area (Å²) in [5.41, 5.74) is 7.40. The standard InChI is InChI=1S/C25H29N3O5.C24H26F3N3O4.C22H23N3O5.C22H25N3O4/c1-15(29)18-11-27-19(10-20(18)30)24-17-6-5-7-21(33-14-16-13-31-8-9-32-16)23(17)26-28(24)12-22(27)25(2,3)4;1-14(31)16-12-29-17(11-18(16)32)22-15-7-5-8-19(33-9-6-10-34-24(25,26)27)21(15)28-30(22)13-20(29)23(2,3)4;1-12(26)14-9-24-15(8-16(14)27)21-13-6-5-7-17(30-11-19(28)29)20(13)23-25(21)10-18(24)22(2,3)4;1-13(27)15-11-24-16(10-17(15)28)21-14-6-5-7-18(29-9-8-26)20(14)23-25(21)12-19(24)22(2,3)4/h5-7,10-11,16,22H,8-9,12-14H2,1-4H3;5,7-8,11-12,20H,6,9-10,13H2,1-4H3;5-9,18H,10-11H2,1-4H3,(H,28,29);5-7,10-11,19,26H,8-9,12H2,1-4H3. The zero-order chi connectivity index (χ0) is 90.9. The van der Waals surface area contributed by atoms with Gasteiger partial charge in [0.15, 0.2) is 51.5 Å². The minimum Gasteiger partial charge on any atom is -0.491 e. The molecule has 4 aromatic carbocycles. The van der Waals surface area contributed by atoms with Gasteiger partial charge in [0.2, 0.25) is 0 Å². The number of aromatic nitrogens is 12. The number of hydrogen-bond acceptors (Lipinski definition) is 21. The lowest BCUT2D eigenvalue weighted by Crippen LogP contribution is -2.35. The Morgan fingerprint density at radius 1 is 0.429 bits per heavy atom. The third-order valence-electron chi connectivity index (χ3n) is 23.3. The molecule has 0 amide bonds. The number of rotatable bonds is 18. The Bertz CT molecular complexity index is 6560. The van der Waals surface area contributed by atoms with Gasteiger partial charge in [0.1, 0.15) is 64.4 Å². The number of fused-ring (bicyclic) bond motifs is 20. The number of halogens is 3. The van der Waals surface area contributed by atoms with Gasteiger partial charge in [0.05, 0.1) is 158 Å². The normalized spacial score (nSPS) is 16.9. The van der Waals surface area contributed by atoms with E-state index < -0.39 is 25.5 Å². The molecule has 0 spiro atoms. The van der Waals surface area contributed by atoms with Crippen molar-refractivity contribution in [1.29, 1.82) is 0 Å². The second-order valence-electron chi connectivity index (χ2n) is 36.5. The molecule has 0 saturated carbocycles. The van der Waals surface area contributed by atoms with E-state index in [1.807, 2.05) is 76.4 Å². The summed E-state index contributed by atoms with van der Waals surface area (Å²) < 4.78 is 90.0. The largest absolute Gasteiger partial charge is 0.522 e. The van der Waals surface area contributed by atoms with Crippen LogP contribution < -0.4 is 40.7 Å². The molecule has 5 atom stereocenters. The van der Waals surface area contributed by atoms with Gasteiger partial charge in [-0.2, -0.15) is 20.4 Å². The number of aliphatic carboxylic acids is 1. The first-order chi connectivity index (χ1) is 59.4. The number of carbonyl (C=O) groups is 5. The number of ketones is 4. The molecule has 664 valence electrons. The van der Waals surface area contributed by atoms with Crippen molar-refractivity contribution in [3.8, 4) is 68.5 Å². The SMILES string of the molecule is CC(=O)c1cn2c(cc1=O)-c1c3cccc(OCC(=O)O)c3nn1CC2C(C)(C)C.CC(=O)c1cn2c(cc1=O)-c1c3cccc(OCC4COCCO4)c3nn1CC2C(C)(C)C.CC(=O)c1cn2c(cc1=O)-c1c3cccc(OCCCOC(F)(F)F)c3nn1CC2C(C)(C)C.CC(=O)c1cn2c(cc1=O)-c1c3cccc(OCCO)c3nn1CC2C(C)(C)C. The van der Waals surface area contributed by atoms with Crippen LogP contribution in [0.5, 0.6) is 23.0 Å². The monoisotopic (exact) mass is 1730 g/mol. The maximum absolute atomic E-state index is 12.8. The predicted octanol–water partition coefficient (Wildman–Crippen LogP) is 14.6. The van der Waals surface area contributed by atoms with E-state index in [0.29, 0.717) is 104 Å². The number of aliphatic hydroxyl groups is 1. The summed E-state index contributed by atoms with van der Waals surface area (Å²) in [6.45, 7) is 34.6. The van der Waals surface area contributed by atoms with Gasteiger partial charge in [-0.05, 0) is 73.6 Å². The number of carboxylic acid groups (broad SMARTS) is 1. The number of hydrogen-bond donors (Lipinski definition) is 2. The van der Waals surface area contributed by atoms with Gasteiger partial charge in [-0.15, -0.1) is 13.2 Å². The molecule has 0 aliphatic carbocycles. The first-order valence-corrected chi connectivity index (χ1v) is 41.7. The molecule has 0 bridgehead atoms. The van der Waals surface area contributed by atoms with Crippen molar-refractivity contribution in [3.05, 3.63) is 185 Å². The smallest absolute Gasteiger partial charge is 0.491 e. The minimum absolute atomic E-state index is 0.0137. The molecule has 1 saturated heterocycles. The van der Waals surface area contributed by atoms with E-state index in [1.54, 1.807) is 61.2 Å². The molecule has 0 radical (unpaired) electrons. The van der Waals surface area contributed by atoms with Crippen molar-refractivity contribution in [2.45, 2.75) is 180 Å². The van der Waals surface area contributed by atoms with Crippen LogP contribution in [0.1, 0.15) is 183 Å². The van der Waals surface area contributed by atoms with Crippen molar-refractivity contribution >= 4 is 72.7 Å². The molecule has 126 heavy (non-hydrogen) atoms. The zero-order valence-corrected chi connectivity index (χ0v) is 73.3. The number of ether oxygens (including phenoxy) is 7. The number of benzene rings is 4. The van der Waals surface area contributed by atoms with Crippen molar-refractivity contribution in [1.82, 2.24) is 57.4 Å². The third kappa shape index (κ3) is 18.1. The third-order valence-corrected chi connectivity index (χ3v) is 23.3. The highest BCUT2D eigenvalue weighted by molar-refractivity contribution is 6.02. The number of carboxylic acids is 1. The van der Waals surface area contributed by atoms with Gasteiger partial charge >= 0.3 is 12.3 Å². The first kappa shape index (κ1) is 89.8. The van der Waals surface area contributed by atoms with Gasteiger partial charge in [-0.3, -0.25) is 61.8 Å². The van der Waals surface area contributed by atoms with Gasteiger partial charge in [0, 0.05) is 77.0 Å². The van der Waals surface area contributed by atoms with Gasteiger partial charge in [0.25, 0.3) is 0 Å². The summed E-state index contributed by atoms with van der Waals surface area (Å²) >= 11 is 0. The second kappa shape index (κ2) is 34.8. The highest BCUT2D eigenvalue weighted by Gasteiger charge is 2.41. The lowest BCUT2D eigenvalue weighted by Gasteiger charge is -2.38. The van der Waals surface area contributed by atoms with Crippen molar-refractivity contribution < 1.29 is 80.5 Å². The van der Waals surface area contributed by atoms with Crippen LogP contribution in [0.25, 0.3) is 89.2 Å². The molecular formula is C93H103F3N12O18. The number of carbonyl (C=O) groups excluding carboxylic acids is 4. The Balaban J connectivity index is 0.000000137. The Labute approximate surface area is 721 Å². The maximum Gasteiger partial charge on any atom is 0.522 e. The van der Waals surface area contributed by atoms with Crippen LogP contribution in [-0.4, -0.2) is 169 Å². The highest BCUT2D eigenvalue weighted by atomic mass is 19.4. The molecule has 30 nitrogen and oxygen atoms in total. The van der Waals surface area contributed by atoms with E-state index >= 15 is 0 Å². The van der Waals surface area contributed by atoms with Gasteiger partial charge in [-0.1, -0.05) is 132 Å². The lowest BCUT2D eigenvalue weighted by atomic mass is 9.84. The molecule has 5 unspecified atom stereocenters. The fourth-order valence-electron chi connectivity index (χ4n) is 16.9. The van der Waals surface area contributed by atoms with E-state index in [-0.39, 0.29) is 145 Å². The molecule has 2 N–H and O–H groups in total. The topological polar surface area (TPSA) is 350 Å². The molecule has 13 heterocycles. The molecule has 12 aromatic rings. The minimum atomic E-state index is -4.67. The van der Waals surface area contributed by atoms with Gasteiger partial charge in [-0.25, -0.2) is 4.79 Å². The molecule has 5 aliphatic heterocycles. The molecule has 33 heteroatoms. The Morgan fingerprint density at radius 2 is 0.730 bits per heavy atom. The average Bonchev–Trinajstić information content (AvgIpc) is 1.57. The fraction of sp³-hybridized carbons (Fsp3) is 0.430. The summed E-state index contributed by atoms with van der Waals surface area (Å²) in [7, 11) is 0. The molecule has 5 aliphatic rings. The summed E-state index contributed by atoms with van der Waals surface area (Å²) in [5.74, 6) is -0.00895. The second-order valence-corrected chi connectivity index (χ2v) is 36.5. The summed E-state index contributed by atoms with van der Waals surface area (Å²) in [6, 6.07) is 28.1. The van der Waals surface area contributed by atoms with Crippen LogP contribution in [0.4, 0.5) is 13.2 Å². The van der Waals surface area contributed by atoms with Crippen molar-refractivity contribution in [3.63, 3.8) is 0 Å². The van der Waals surface area contributed by atoms with E-state index in [0.717, 1.165) is 61.2 Å². The summed E-state index contributed by atoms with van der Waals surface area (Å²) in [6.07, 6.45) is 1.99. The fourth-order valence-corrected chi connectivity index (χ4v) is 16.9. The Kier molecular flexibility index (Phi) is 24.8. The van der Waals surface area contributed by atoms with Crippen LogP contribution in [0.2, 0.25) is 0 Å². The number of Topliss-reactive ketones (excluding diaryl/α,β-unsaturated/α-hetero) is 4. The molecule has 17 rings (SSSR count). The number of alkyl halides is 3. The van der Waals surface area contributed by atoms with Crippen molar-refractivity contribution in [2.24, 2.45) is 21.7 Å². The van der Waals surface area contributed by atoms with E-state index in [9.17, 15) is 56.3 Å². The van der Waals surface area contributed by atoms with E-state index in [1.165, 1.54) is 39.8 Å². The van der Waals surface area contributed by atoms with Crippen LogP contribution in [0, 0.1) is 21.7 Å². The molecular weight excluding hydrogens is 1630 g/mol. The first-order valence-electron chi connectivity index (χ1n) is 41.7. The van der Waals surface area contributed by atoms with E-state index in [4.69, 9.17) is 59.0 Å². The van der Waals surface area contributed by atoms with Crippen LogP contribution in [-0.2, 0) is 45.2 Å². The highest BCUT2D eigenvalue weighted by Crippen LogP contribution is 2.49. The Morgan fingerprint density at radius 3 is 1.00 bits per heavy atom. The molecule has 8 aromatic heterocycles. The summed E-state index contributed by atoms with van der Waals surface area (Å²) in [4.78, 5) is 110. The zero-order valence-electron chi connectivity index (χ0n) is 73.3. The van der Waals surface area contributed by atoms with Gasteiger partial charge < -0.3 is 56.9 Å². The van der Waals surface area contributed by atoms with Crippen LogP contribution in [0.15, 0.2) is 141 Å². The van der Waals surface area contributed by atoms with Crippen LogP contribution in [0.3, 0.4) is 0 Å². The van der Waals surface area contributed by atoms with Crippen molar-refractivity contribution in [2.75, 3.05) is 59.5 Å². The maximum atomic E-state index is 12.8. The number of aliphatic hydroxyl groups excluding tert-OH is 1. The number of pyridine rings is 4. The van der Waals surface area contributed by atoms with E-state index in [2.05, 4.69) is 97.0 Å². The number of nitrogens with zero attached hydrogens (tertiary/aromatic N) is 12.